The highest BCUT2D eigenvalue weighted by atomic mass is 19.2. The van der Waals surface area contributed by atoms with E-state index in [4.69, 9.17) is 4.74 Å². The zero-order valence-electron chi connectivity index (χ0n) is 8.50. The molecule has 0 fully saturated rings. The first-order valence-corrected chi connectivity index (χ1v) is 4.37. The smallest absolute Gasteiger partial charge is 0.242 e. The summed E-state index contributed by atoms with van der Waals surface area (Å²) in [5, 5.41) is 0. The zero-order valence-corrected chi connectivity index (χ0v) is 8.50. The van der Waals surface area contributed by atoms with Crippen LogP contribution in [-0.2, 0) is 0 Å². The molecule has 0 N–H and O–H groups in total. The number of carbonyl (C=O) groups excluding carboxylic acids is 1. The number of alkyl halides is 1. The van der Waals surface area contributed by atoms with E-state index >= 15 is 0 Å². The minimum atomic E-state index is -1.73. The molecule has 0 saturated heterocycles. The van der Waals surface area contributed by atoms with E-state index in [1.54, 1.807) is 18.2 Å². The average Bonchev–Trinajstić information content (AvgIpc) is 2.01. The summed E-state index contributed by atoms with van der Waals surface area (Å²) < 4.78 is 18.1. The fourth-order valence-corrected chi connectivity index (χ4v) is 1.06. The lowest BCUT2D eigenvalue weighted by molar-refractivity contribution is -0.0257. The molecular weight excluding hydrogens is 183 g/mol. The molecule has 0 bridgehead atoms. The minimum Gasteiger partial charge on any atom is -0.459 e. The monoisotopic (exact) mass is 196 g/mol. The largest absolute Gasteiger partial charge is 0.459 e. The maximum absolute atomic E-state index is 13.1. The van der Waals surface area contributed by atoms with Crippen molar-refractivity contribution in [3.05, 3.63) is 29.8 Å². The molecule has 76 valence electrons. The van der Waals surface area contributed by atoms with Crippen molar-refractivity contribution in [2.45, 2.75) is 26.6 Å². The van der Waals surface area contributed by atoms with Gasteiger partial charge in [0.2, 0.25) is 5.85 Å². The molecule has 14 heavy (non-hydrogen) atoms. The van der Waals surface area contributed by atoms with Crippen molar-refractivity contribution in [2.75, 3.05) is 0 Å². The predicted molar refractivity (Wildman–Crippen MR) is 52.3 cm³/mol. The van der Waals surface area contributed by atoms with Crippen LogP contribution in [0.25, 0.3) is 0 Å². The Balaban J connectivity index is 2.89. The summed E-state index contributed by atoms with van der Waals surface area (Å²) in [6.45, 7) is 4.08. The summed E-state index contributed by atoms with van der Waals surface area (Å²) >= 11 is 0. The van der Waals surface area contributed by atoms with Crippen molar-refractivity contribution in [3.8, 4) is 5.75 Å². The second-order valence-electron chi connectivity index (χ2n) is 3.55. The van der Waals surface area contributed by atoms with Gasteiger partial charge in [-0.25, -0.2) is 0 Å². The number of ketones is 1. The quantitative estimate of drug-likeness (QED) is 0.695. The van der Waals surface area contributed by atoms with Gasteiger partial charge in [-0.3, -0.25) is 4.79 Å². The van der Waals surface area contributed by atoms with Gasteiger partial charge in [0.25, 0.3) is 0 Å². The SMILES string of the molecule is CC(=O)c1cccc(OC(C)(C)F)c1. The fourth-order valence-electron chi connectivity index (χ4n) is 1.06. The van der Waals surface area contributed by atoms with E-state index in [1.165, 1.54) is 26.8 Å². The second kappa shape index (κ2) is 3.78. The molecule has 0 aliphatic carbocycles. The first-order chi connectivity index (χ1) is 6.38. The summed E-state index contributed by atoms with van der Waals surface area (Å²) in [6, 6.07) is 6.48. The Morgan fingerprint density at radius 1 is 1.43 bits per heavy atom. The number of hydrogen-bond acceptors (Lipinski definition) is 2. The summed E-state index contributed by atoms with van der Waals surface area (Å²) in [5.41, 5.74) is 0.520. The van der Waals surface area contributed by atoms with Gasteiger partial charge in [-0.05, 0) is 19.1 Å². The molecule has 0 spiro atoms. The van der Waals surface area contributed by atoms with Gasteiger partial charge in [-0.15, -0.1) is 0 Å². The Hall–Kier alpha value is -1.38. The first kappa shape index (κ1) is 10.7. The van der Waals surface area contributed by atoms with E-state index in [0.717, 1.165) is 0 Å². The molecule has 0 radical (unpaired) electrons. The lowest BCUT2D eigenvalue weighted by Gasteiger charge is -2.17. The molecule has 0 aliphatic rings. The van der Waals surface area contributed by atoms with Gasteiger partial charge in [0.15, 0.2) is 5.78 Å². The van der Waals surface area contributed by atoms with Crippen molar-refractivity contribution in [3.63, 3.8) is 0 Å². The molecule has 0 atom stereocenters. The van der Waals surface area contributed by atoms with Crippen LogP contribution in [0.4, 0.5) is 4.39 Å². The zero-order chi connectivity index (χ0) is 10.8. The molecule has 0 unspecified atom stereocenters. The van der Waals surface area contributed by atoms with Crippen molar-refractivity contribution < 1.29 is 13.9 Å². The molecule has 0 aromatic heterocycles. The Labute approximate surface area is 82.7 Å². The lowest BCUT2D eigenvalue weighted by atomic mass is 10.1. The van der Waals surface area contributed by atoms with Crippen LogP contribution in [0, 0.1) is 0 Å². The Morgan fingerprint density at radius 3 is 2.57 bits per heavy atom. The van der Waals surface area contributed by atoms with Crippen molar-refractivity contribution in [1.29, 1.82) is 0 Å². The molecule has 1 aromatic carbocycles. The number of carbonyl (C=O) groups is 1. The molecule has 1 aromatic rings. The molecule has 0 amide bonds. The number of halogens is 1. The predicted octanol–water partition coefficient (Wildman–Crippen LogP) is 2.97. The van der Waals surface area contributed by atoms with Gasteiger partial charge in [0.1, 0.15) is 5.75 Å². The van der Waals surface area contributed by atoms with Gasteiger partial charge >= 0.3 is 0 Å². The van der Waals surface area contributed by atoms with Gasteiger partial charge in [-0.1, -0.05) is 12.1 Å². The van der Waals surface area contributed by atoms with Crippen LogP contribution in [0.1, 0.15) is 31.1 Å². The normalized spacial score (nSPS) is 11.1. The van der Waals surface area contributed by atoms with Gasteiger partial charge in [0.05, 0.1) is 0 Å². The summed E-state index contributed by atoms with van der Waals surface area (Å²) in [7, 11) is 0. The third kappa shape index (κ3) is 3.17. The Kier molecular flexibility index (Phi) is 2.89. The van der Waals surface area contributed by atoms with Crippen molar-refractivity contribution >= 4 is 5.78 Å². The molecule has 1 rings (SSSR count). The number of hydrogen-bond donors (Lipinski definition) is 0. The fraction of sp³-hybridized carbons (Fsp3) is 0.364. The van der Waals surface area contributed by atoms with Gasteiger partial charge < -0.3 is 4.74 Å². The van der Waals surface area contributed by atoms with Crippen molar-refractivity contribution in [2.24, 2.45) is 0 Å². The Morgan fingerprint density at radius 2 is 2.07 bits per heavy atom. The van der Waals surface area contributed by atoms with Crippen LogP contribution in [-0.4, -0.2) is 11.6 Å². The summed E-state index contributed by atoms with van der Waals surface area (Å²) in [5.74, 6) is -1.42. The molecule has 3 heteroatoms. The second-order valence-corrected chi connectivity index (χ2v) is 3.55. The number of Topliss-reactive ketones (excluding diaryl/α,β-unsaturated/α-hetero) is 1. The van der Waals surface area contributed by atoms with Gasteiger partial charge in [-0.2, -0.15) is 4.39 Å². The van der Waals surface area contributed by atoms with E-state index in [2.05, 4.69) is 0 Å². The topological polar surface area (TPSA) is 26.3 Å². The average molecular weight is 196 g/mol. The van der Waals surface area contributed by atoms with Crippen molar-refractivity contribution in [1.82, 2.24) is 0 Å². The minimum absolute atomic E-state index is 0.0629. The third-order valence-electron chi connectivity index (χ3n) is 1.60. The third-order valence-corrected chi connectivity index (χ3v) is 1.60. The van der Waals surface area contributed by atoms with E-state index < -0.39 is 5.85 Å². The van der Waals surface area contributed by atoms with E-state index in [9.17, 15) is 9.18 Å². The number of ether oxygens (including phenoxy) is 1. The Bertz CT molecular complexity index is 339. The van der Waals surface area contributed by atoms with Crippen LogP contribution >= 0.6 is 0 Å². The van der Waals surface area contributed by atoms with Crippen LogP contribution in [0.15, 0.2) is 24.3 Å². The molecule has 2 nitrogen and oxygen atoms in total. The van der Waals surface area contributed by atoms with E-state index in [-0.39, 0.29) is 5.78 Å². The highest BCUT2D eigenvalue weighted by Crippen LogP contribution is 2.20. The maximum Gasteiger partial charge on any atom is 0.242 e. The molecular formula is C11H13FO2. The standard InChI is InChI=1S/C11H13FO2/c1-8(13)9-5-4-6-10(7-9)14-11(2,3)12/h4-7H,1-3H3. The first-order valence-electron chi connectivity index (χ1n) is 4.37. The summed E-state index contributed by atoms with van der Waals surface area (Å²) in [4.78, 5) is 11.0. The van der Waals surface area contributed by atoms with E-state index in [0.29, 0.717) is 11.3 Å². The highest BCUT2D eigenvalue weighted by Gasteiger charge is 2.17. The molecule has 0 heterocycles. The molecule has 0 aliphatic heterocycles. The number of benzene rings is 1. The highest BCUT2D eigenvalue weighted by molar-refractivity contribution is 5.94. The van der Waals surface area contributed by atoms with Crippen LogP contribution in [0.2, 0.25) is 0 Å². The van der Waals surface area contributed by atoms with Crippen LogP contribution < -0.4 is 4.74 Å². The lowest BCUT2D eigenvalue weighted by Crippen LogP contribution is -2.21. The van der Waals surface area contributed by atoms with Gasteiger partial charge in [0, 0.05) is 19.4 Å². The summed E-state index contributed by atoms with van der Waals surface area (Å²) in [6.07, 6.45) is 0. The number of rotatable bonds is 3. The van der Waals surface area contributed by atoms with Crippen LogP contribution in [0.3, 0.4) is 0 Å². The molecule has 0 saturated carbocycles. The van der Waals surface area contributed by atoms with Crippen LogP contribution in [0.5, 0.6) is 5.75 Å². The van der Waals surface area contributed by atoms with E-state index in [1.807, 2.05) is 0 Å². The maximum atomic E-state index is 13.1.